The summed E-state index contributed by atoms with van der Waals surface area (Å²) in [7, 11) is 1.69. The molecule has 2 aliphatic rings. The number of aliphatic hydroxyl groups excluding tert-OH is 1. The van der Waals surface area contributed by atoms with Crippen LogP contribution >= 0.6 is 0 Å². The second-order valence-corrected chi connectivity index (χ2v) is 9.10. The molecule has 1 aromatic rings. The van der Waals surface area contributed by atoms with Gasteiger partial charge in [0.2, 0.25) is 5.88 Å². The molecular weight excluding hydrogens is 417 g/mol. The van der Waals surface area contributed by atoms with Crippen molar-refractivity contribution in [2.75, 3.05) is 58.2 Å². The van der Waals surface area contributed by atoms with E-state index in [4.69, 9.17) is 14.2 Å². The monoisotopic (exact) mass is 453 g/mol. The summed E-state index contributed by atoms with van der Waals surface area (Å²) in [5, 5.41) is 12.2. The molecule has 1 saturated carbocycles. The molecule has 1 aliphatic carbocycles. The predicted molar refractivity (Wildman–Crippen MR) is 119 cm³/mol. The lowest BCUT2D eigenvalue weighted by Crippen LogP contribution is -2.52. The van der Waals surface area contributed by atoms with E-state index in [2.05, 4.69) is 29.0 Å². The van der Waals surface area contributed by atoms with Crippen molar-refractivity contribution in [3.63, 3.8) is 0 Å². The molecule has 0 bridgehead atoms. The third kappa shape index (κ3) is 6.76. The number of nitrogens with zero attached hydrogens (tertiary/aromatic N) is 2. The predicted octanol–water partition coefficient (Wildman–Crippen LogP) is 2.05. The van der Waals surface area contributed by atoms with Crippen LogP contribution in [-0.2, 0) is 9.47 Å². The van der Waals surface area contributed by atoms with E-state index in [0.717, 1.165) is 31.6 Å². The van der Waals surface area contributed by atoms with E-state index < -0.39 is 6.67 Å². The van der Waals surface area contributed by atoms with Gasteiger partial charge in [0.1, 0.15) is 18.1 Å². The molecule has 0 aromatic carbocycles. The number of amides is 1. The van der Waals surface area contributed by atoms with Gasteiger partial charge in [0.05, 0.1) is 32.0 Å². The number of nitrogens with one attached hydrogen (secondary N) is 1. The Morgan fingerprint density at radius 3 is 2.75 bits per heavy atom. The molecule has 32 heavy (non-hydrogen) atoms. The van der Waals surface area contributed by atoms with Crippen molar-refractivity contribution < 1.29 is 28.5 Å². The maximum absolute atomic E-state index is 12.9. The second-order valence-electron chi connectivity index (χ2n) is 9.10. The number of hydrogen-bond donors (Lipinski definition) is 2. The SMILES string of the molecule is COC1CN(c2ccc(C(=O)N[C@H](COCCF)CC(C)C)nc2OC[C@H]2C[C@@H]2CO)C1. The highest BCUT2D eigenvalue weighted by Gasteiger charge is 2.37. The molecule has 9 heteroatoms. The van der Waals surface area contributed by atoms with E-state index >= 15 is 0 Å². The third-order valence-corrected chi connectivity index (χ3v) is 5.96. The fourth-order valence-electron chi connectivity index (χ4n) is 3.89. The number of anilines is 1. The van der Waals surface area contributed by atoms with Crippen LogP contribution in [0.15, 0.2) is 12.1 Å². The van der Waals surface area contributed by atoms with Crippen LogP contribution in [0, 0.1) is 17.8 Å². The molecule has 3 rings (SSSR count). The van der Waals surface area contributed by atoms with E-state index in [-0.39, 0.29) is 49.5 Å². The topological polar surface area (TPSA) is 93.2 Å². The molecular formula is C23H36FN3O5. The minimum Gasteiger partial charge on any atom is -0.476 e. The fraction of sp³-hybridized carbons (Fsp3) is 0.739. The Hall–Kier alpha value is -1.97. The van der Waals surface area contributed by atoms with Crippen LogP contribution in [-0.4, -0.2) is 81.4 Å². The quantitative estimate of drug-likeness (QED) is 0.417. The van der Waals surface area contributed by atoms with Gasteiger partial charge in [-0.15, -0.1) is 0 Å². The molecule has 0 spiro atoms. The molecule has 3 atom stereocenters. The van der Waals surface area contributed by atoms with E-state index in [1.165, 1.54) is 0 Å². The molecule has 1 saturated heterocycles. The van der Waals surface area contributed by atoms with Gasteiger partial charge in [-0.2, -0.15) is 0 Å². The lowest BCUT2D eigenvalue weighted by atomic mass is 10.0. The first-order chi connectivity index (χ1) is 15.4. The minimum absolute atomic E-state index is 0.0176. The van der Waals surface area contributed by atoms with E-state index in [1.54, 1.807) is 13.2 Å². The molecule has 2 heterocycles. The number of halogens is 1. The number of methoxy groups -OCH3 is 1. The van der Waals surface area contributed by atoms with Crippen LogP contribution in [0.2, 0.25) is 0 Å². The average molecular weight is 454 g/mol. The third-order valence-electron chi connectivity index (χ3n) is 5.96. The Bertz CT molecular complexity index is 744. The van der Waals surface area contributed by atoms with Crippen molar-refractivity contribution in [3.8, 4) is 5.88 Å². The Morgan fingerprint density at radius 2 is 2.12 bits per heavy atom. The molecule has 1 aliphatic heterocycles. The lowest BCUT2D eigenvalue weighted by Gasteiger charge is -2.40. The summed E-state index contributed by atoms with van der Waals surface area (Å²) in [5.41, 5.74) is 1.10. The molecule has 2 N–H and O–H groups in total. The molecule has 2 fully saturated rings. The summed E-state index contributed by atoms with van der Waals surface area (Å²) in [5.74, 6) is 1.06. The van der Waals surface area contributed by atoms with Gasteiger partial charge >= 0.3 is 0 Å². The highest BCUT2D eigenvalue weighted by atomic mass is 19.1. The molecule has 1 aromatic heterocycles. The van der Waals surface area contributed by atoms with Crippen LogP contribution in [0.1, 0.15) is 37.2 Å². The van der Waals surface area contributed by atoms with Crippen molar-refractivity contribution in [1.82, 2.24) is 10.3 Å². The van der Waals surface area contributed by atoms with Gasteiger partial charge in [-0.25, -0.2) is 9.37 Å². The maximum atomic E-state index is 12.9. The smallest absolute Gasteiger partial charge is 0.270 e. The fourth-order valence-corrected chi connectivity index (χ4v) is 3.89. The van der Waals surface area contributed by atoms with Gasteiger partial charge in [-0.1, -0.05) is 13.8 Å². The Balaban J connectivity index is 1.68. The molecule has 8 nitrogen and oxygen atoms in total. The number of aromatic nitrogens is 1. The van der Waals surface area contributed by atoms with Gasteiger partial charge in [0.25, 0.3) is 5.91 Å². The van der Waals surface area contributed by atoms with Gasteiger partial charge in [0.15, 0.2) is 0 Å². The first-order valence-electron chi connectivity index (χ1n) is 11.4. The van der Waals surface area contributed by atoms with Crippen molar-refractivity contribution in [2.45, 2.75) is 38.8 Å². The number of pyridine rings is 1. The van der Waals surface area contributed by atoms with Crippen LogP contribution in [0.3, 0.4) is 0 Å². The van der Waals surface area contributed by atoms with Crippen molar-refractivity contribution in [3.05, 3.63) is 17.8 Å². The van der Waals surface area contributed by atoms with Gasteiger partial charge in [-0.05, 0) is 42.7 Å². The number of aliphatic hydroxyl groups is 1. The summed E-state index contributed by atoms with van der Waals surface area (Å²) in [6.45, 7) is 5.96. The average Bonchev–Trinajstić information content (AvgIpc) is 3.50. The molecule has 180 valence electrons. The van der Waals surface area contributed by atoms with E-state index in [1.807, 2.05) is 6.07 Å². The number of rotatable bonds is 14. The first kappa shape index (κ1) is 24.7. The van der Waals surface area contributed by atoms with Crippen LogP contribution in [0.25, 0.3) is 0 Å². The van der Waals surface area contributed by atoms with Crippen molar-refractivity contribution in [2.24, 2.45) is 17.8 Å². The van der Waals surface area contributed by atoms with Crippen LogP contribution < -0.4 is 15.0 Å². The molecule has 0 unspecified atom stereocenters. The second kappa shape index (κ2) is 11.8. The maximum Gasteiger partial charge on any atom is 0.270 e. The zero-order valence-corrected chi connectivity index (χ0v) is 19.3. The minimum atomic E-state index is -0.551. The summed E-state index contributed by atoms with van der Waals surface area (Å²) >= 11 is 0. The summed E-state index contributed by atoms with van der Waals surface area (Å²) < 4.78 is 29.1. The highest BCUT2D eigenvalue weighted by Crippen LogP contribution is 2.39. The van der Waals surface area contributed by atoms with Crippen molar-refractivity contribution in [1.29, 1.82) is 0 Å². The summed E-state index contributed by atoms with van der Waals surface area (Å²) in [6, 6.07) is 3.33. The van der Waals surface area contributed by atoms with Crippen molar-refractivity contribution >= 4 is 11.6 Å². The van der Waals surface area contributed by atoms with Crippen LogP contribution in [0.5, 0.6) is 5.88 Å². The highest BCUT2D eigenvalue weighted by molar-refractivity contribution is 5.93. The van der Waals surface area contributed by atoms with E-state index in [0.29, 0.717) is 24.3 Å². The van der Waals surface area contributed by atoms with Gasteiger partial charge in [0, 0.05) is 26.8 Å². The zero-order valence-electron chi connectivity index (χ0n) is 19.3. The lowest BCUT2D eigenvalue weighted by molar-refractivity contribution is 0.0766. The van der Waals surface area contributed by atoms with Gasteiger partial charge in [-0.3, -0.25) is 4.79 Å². The Labute approximate surface area is 189 Å². The summed E-state index contributed by atoms with van der Waals surface area (Å²) in [4.78, 5) is 19.5. The number of hydrogen-bond acceptors (Lipinski definition) is 7. The summed E-state index contributed by atoms with van der Waals surface area (Å²) in [6.07, 6.45) is 1.83. The number of carbonyl (C=O) groups excluding carboxylic acids is 1. The molecule has 1 amide bonds. The first-order valence-corrected chi connectivity index (χ1v) is 11.4. The Morgan fingerprint density at radius 1 is 1.34 bits per heavy atom. The normalized spacial score (nSPS) is 21.4. The number of carbonyl (C=O) groups is 1. The van der Waals surface area contributed by atoms with Crippen LogP contribution in [0.4, 0.5) is 10.1 Å². The number of ether oxygens (including phenoxy) is 3. The van der Waals surface area contributed by atoms with E-state index in [9.17, 15) is 14.3 Å². The largest absolute Gasteiger partial charge is 0.476 e. The zero-order chi connectivity index (χ0) is 23.1. The number of alkyl halides is 1. The Kier molecular flexibility index (Phi) is 9.07. The molecule has 0 radical (unpaired) electrons. The van der Waals surface area contributed by atoms with Gasteiger partial charge < -0.3 is 29.5 Å². The standard InChI is InChI=1S/C23H36FN3O5/c1-15(2)8-18(14-31-7-6-24)25-22(29)20-4-5-21(27-10-19(11-27)30-3)23(26-20)32-13-17-9-16(17)12-28/h4-5,15-19,28H,6-14H2,1-3H3,(H,25,29)/t16-,17-,18+/m1/s1.